The molecule has 5 rings (SSSR count). The van der Waals surface area contributed by atoms with E-state index in [2.05, 4.69) is 27.5 Å². The third-order valence-corrected chi connectivity index (χ3v) is 8.81. The van der Waals surface area contributed by atoms with E-state index in [4.69, 9.17) is 21.1 Å². The maximum Gasteiger partial charge on any atom is 0.294 e. The van der Waals surface area contributed by atoms with Gasteiger partial charge < -0.3 is 19.3 Å². The molecular weight excluding hydrogens is 689 g/mol. The lowest BCUT2D eigenvalue weighted by molar-refractivity contribution is -0.136. The Kier molecular flexibility index (Phi) is 9.96. The summed E-state index contributed by atoms with van der Waals surface area (Å²) in [5.41, 5.74) is 2.77. The van der Waals surface area contributed by atoms with Gasteiger partial charge >= 0.3 is 0 Å². The normalized spacial score (nSPS) is 16.4. The molecule has 2 heterocycles. The van der Waals surface area contributed by atoms with Gasteiger partial charge in [0, 0.05) is 36.9 Å². The second-order valence-electron chi connectivity index (χ2n) is 9.65. The number of piperazine rings is 1. The maximum absolute atomic E-state index is 13.2. The van der Waals surface area contributed by atoms with Crippen molar-refractivity contribution in [3.8, 4) is 11.5 Å². The number of rotatable bonds is 9. The number of thioether (sulfide) groups is 1. The summed E-state index contributed by atoms with van der Waals surface area (Å²) in [7, 11) is 0. The van der Waals surface area contributed by atoms with Gasteiger partial charge in [-0.1, -0.05) is 41.9 Å². The van der Waals surface area contributed by atoms with Crippen LogP contribution in [0.2, 0.25) is 5.02 Å². The van der Waals surface area contributed by atoms with Gasteiger partial charge in [-0.25, -0.2) is 0 Å². The minimum atomic E-state index is -0.475. The lowest BCUT2D eigenvalue weighted by Crippen LogP contribution is -2.51. The Labute approximate surface area is 267 Å². The van der Waals surface area contributed by atoms with Gasteiger partial charge in [-0.15, -0.1) is 0 Å². The van der Waals surface area contributed by atoms with Crippen LogP contribution < -0.4 is 14.4 Å². The molecule has 3 aromatic carbocycles. The van der Waals surface area contributed by atoms with E-state index >= 15 is 0 Å². The molecule has 218 valence electrons. The quantitative estimate of drug-likeness (QED) is 0.190. The highest BCUT2D eigenvalue weighted by atomic mass is 127. The molecule has 11 heteroatoms. The summed E-state index contributed by atoms with van der Waals surface area (Å²) < 4.78 is 12.7. The summed E-state index contributed by atoms with van der Waals surface area (Å²) in [6.07, 6.45) is 1.65. The van der Waals surface area contributed by atoms with Gasteiger partial charge in [0.1, 0.15) is 13.2 Å². The molecule has 2 aliphatic heterocycles. The summed E-state index contributed by atoms with van der Waals surface area (Å²) in [5, 5.41) is 0.202. The SMILES string of the molecule is CCOc1cc(/C=C2/SC(=O)N(CC(=O)N3CCN(c4ccccc4)CC3)C2=O)cc(I)c1OCc1ccc(Cl)cc1. The van der Waals surface area contributed by atoms with Crippen LogP contribution in [0.4, 0.5) is 10.5 Å². The Morgan fingerprint density at radius 1 is 1.00 bits per heavy atom. The largest absolute Gasteiger partial charge is 0.490 e. The Bertz CT molecular complexity index is 1490. The zero-order valence-corrected chi connectivity index (χ0v) is 26.7. The van der Waals surface area contributed by atoms with Crippen LogP contribution in [0.25, 0.3) is 6.08 Å². The first-order valence-electron chi connectivity index (χ1n) is 13.5. The smallest absolute Gasteiger partial charge is 0.294 e. The highest BCUT2D eigenvalue weighted by Crippen LogP contribution is 2.38. The van der Waals surface area contributed by atoms with Crippen molar-refractivity contribution in [1.82, 2.24) is 9.80 Å². The molecule has 0 unspecified atom stereocenters. The van der Waals surface area contributed by atoms with Gasteiger partial charge in [0.25, 0.3) is 11.1 Å². The number of halogens is 2. The van der Waals surface area contributed by atoms with Gasteiger partial charge in [0.2, 0.25) is 5.91 Å². The van der Waals surface area contributed by atoms with Crippen LogP contribution in [-0.4, -0.2) is 66.2 Å². The van der Waals surface area contributed by atoms with Crippen LogP contribution in [0.3, 0.4) is 0 Å². The molecule has 2 saturated heterocycles. The number of carbonyl (C=O) groups is 3. The number of para-hydroxylation sites is 1. The molecule has 3 aromatic rings. The highest BCUT2D eigenvalue weighted by molar-refractivity contribution is 14.1. The molecule has 0 aliphatic carbocycles. The molecule has 3 amide bonds. The number of anilines is 1. The van der Waals surface area contributed by atoms with Gasteiger partial charge in [-0.05, 0) is 94.9 Å². The molecule has 42 heavy (non-hydrogen) atoms. The molecular formula is C31H29ClIN3O5S. The average Bonchev–Trinajstić information content (AvgIpc) is 3.25. The third kappa shape index (κ3) is 7.22. The summed E-state index contributed by atoms with van der Waals surface area (Å²) in [6.45, 7) is 4.82. The van der Waals surface area contributed by atoms with Crippen molar-refractivity contribution in [3.63, 3.8) is 0 Å². The van der Waals surface area contributed by atoms with Crippen molar-refractivity contribution < 1.29 is 23.9 Å². The summed E-state index contributed by atoms with van der Waals surface area (Å²) >= 11 is 8.99. The Hall–Kier alpha value is -3.22. The Balaban J connectivity index is 1.24. The van der Waals surface area contributed by atoms with Gasteiger partial charge in [-0.2, -0.15) is 0 Å². The number of amides is 3. The molecule has 0 spiro atoms. The van der Waals surface area contributed by atoms with Crippen LogP contribution in [0.15, 0.2) is 71.6 Å². The van der Waals surface area contributed by atoms with E-state index in [0.717, 1.165) is 31.5 Å². The topological polar surface area (TPSA) is 79.4 Å². The van der Waals surface area contributed by atoms with E-state index in [1.807, 2.05) is 67.6 Å². The molecule has 0 saturated carbocycles. The summed E-state index contributed by atoms with van der Waals surface area (Å²) in [5.74, 6) is 0.420. The standard InChI is InChI=1S/C31H29ClIN3O5S/c1-2-40-26-17-22(16-25(33)29(26)41-20-21-8-10-23(32)11-9-21)18-27-30(38)36(31(39)42-27)19-28(37)35-14-12-34(13-15-35)24-6-4-3-5-7-24/h3-11,16-18H,2,12-15,19-20H2,1H3/b27-18+. The van der Waals surface area contributed by atoms with Crippen molar-refractivity contribution in [3.05, 3.63) is 91.4 Å². The van der Waals surface area contributed by atoms with E-state index in [1.54, 1.807) is 17.0 Å². The van der Waals surface area contributed by atoms with Crippen LogP contribution >= 0.6 is 46.0 Å². The second kappa shape index (κ2) is 13.8. The monoisotopic (exact) mass is 717 g/mol. The Morgan fingerprint density at radius 3 is 2.40 bits per heavy atom. The number of hydrogen-bond donors (Lipinski definition) is 0. The number of imide groups is 1. The zero-order valence-electron chi connectivity index (χ0n) is 22.9. The fourth-order valence-electron chi connectivity index (χ4n) is 4.69. The van der Waals surface area contributed by atoms with Crippen LogP contribution in [-0.2, 0) is 16.2 Å². The number of carbonyl (C=O) groups excluding carboxylic acids is 3. The minimum absolute atomic E-state index is 0.235. The predicted octanol–water partition coefficient (Wildman–Crippen LogP) is 6.31. The van der Waals surface area contributed by atoms with E-state index in [9.17, 15) is 14.4 Å². The van der Waals surface area contributed by atoms with Crippen molar-refractivity contribution in [2.75, 3.05) is 44.2 Å². The molecule has 0 bridgehead atoms. The third-order valence-electron chi connectivity index (χ3n) is 6.85. The predicted molar refractivity (Wildman–Crippen MR) is 174 cm³/mol. The van der Waals surface area contributed by atoms with Crippen molar-refractivity contribution in [2.24, 2.45) is 0 Å². The number of benzene rings is 3. The molecule has 0 N–H and O–H groups in total. The lowest BCUT2D eigenvalue weighted by Gasteiger charge is -2.36. The first-order chi connectivity index (χ1) is 20.3. The van der Waals surface area contributed by atoms with Gasteiger partial charge in [0.05, 0.1) is 15.1 Å². The Morgan fingerprint density at radius 2 is 1.71 bits per heavy atom. The van der Waals surface area contributed by atoms with Crippen molar-refractivity contribution in [2.45, 2.75) is 13.5 Å². The molecule has 2 fully saturated rings. The van der Waals surface area contributed by atoms with Crippen molar-refractivity contribution in [1.29, 1.82) is 0 Å². The van der Waals surface area contributed by atoms with Crippen molar-refractivity contribution >= 4 is 74.8 Å². The molecule has 0 atom stereocenters. The maximum atomic E-state index is 13.2. The van der Waals surface area contributed by atoms with E-state index in [1.165, 1.54) is 0 Å². The van der Waals surface area contributed by atoms with Gasteiger partial charge in [0.15, 0.2) is 11.5 Å². The minimum Gasteiger partial charge on any atom is -0.490 e. The number of hydrogen-bond acceptors (Lipinski definition) is 7. The van der Waals surface area contributed by atoms with E-state index in [-0.39, 0.29) is 17.4 Å². The summed E-state index contributed by atoms with van der Waals surface area (Å²) in [4.78, 5) is 44.2. The van der Waals surface area contributed by atoms with Gasteiger partial charge in [-0.3, -0.25) is 19.3 Å². The summed E-state index contributed by atoms with van der Waals surface area (Å²) in [6, 6.07) is 21.1. The molecule has 0 radical (unpaired) electrons. The fourth-order valence-corrected chi connectivity index (χ4v) is 6.43. The second-order valence-corrected chi connectivity index (χ2v) is 12.2. The van der Waals surface area contributed by atoms with Crippen LogP contribution in [0, 0.1) is 3.57 Å². The zero-order chi connectivity index (χ0) is 29.6. The highest BCUT2D eigenvalue weighted by Gasteiger charge is 2.37. The first kappa shape index (κ1) is 30.2. The molecule has 8 nitrogen and oxygen atoms in total. The van der Waals surface area contributed by atoms with Crippen LogP contribution in [0.1, 0.15) is 18.1 Å². The van der Waals surface area contributed by atoms with E-state index < -0.39 is 11.1 Å². The molecule has 2 aliphatic rings. The lowest BCUT2D eigenvalue weighted by atomic mass is 10.1. The van der Waals surface area contributed by atoms with Crippen LogP contribution in [0.5, 0.6) is 11.5 Å². The average molecular weight is 718 g/mol. The number of ether oxygens (including phenoxy) is 2. The first-order valence-corrected chi connectivity index (χ1v) is 15.8. The molecule has 0 aromatic heterocycles. The number of nitrogens with zero attached hydrogens (tertiary/aromatic N) is 3. The fraction of sp³-hybridized carbons (Fsp3) is 0.258. The van der Waals surface area contributed by atoms with E-state index in [0.29, 0.717) is 61.5 Å².